The van der Waals surface area contributed by atoms with Crippen LogP contribution in [0.25, 0.3) is 0 Å². The van der Waals surface area contributed by atoms with Crippen molar-refractivity contribution in [3.63, 3.8) is 0 Å². The highest BCUT2D eigenvalue weighted by Gasteiger charge is 2.28. The van der Waals surface area contributed by atoms with Crippen LogP contribution < -0.4 is 5.32 Å². The third-order valence-electron chi connectivity index (χ3n) is 13.5. The molecule has 8 nitrogen and oxygen atoms in total. The van der Waals surface area contributed by atoms with Crippen LogP contribution in [0.2, 0.25) is 0 Å². The van der Waals surface area contributed by atoms with E-state index in [9.17, 15) is 19.4 Å². The summed E-state index contributed by atoms with van der Waals surface area (Å²) in [5, 5.41) is 13.7. The number of hydrogen-bond acceptors (Lipinski definition) is 5. The van der Waals surface area contributed by atoms with Crippen LogP contribution in [0.1, 0.15) is 290 Å². The van der Waals surface area contributed by atoms with Gasteiger partial charge in [0.15, 0.2) is 0 Å². The second-order valence-corrected chi connectivity index (χ2v) is 22.8. The smallest absolute Gasteiger partial charge is 0.391 e. The van der Waals surface area contributed by atoms with Crippen LogP contribution in [0, 0.1) is 0 Å². The average Bonchev–Trinajstić information content (AvgIpc) is 3.29. The van der Waals surface area contributed by atoms with Crippen LogP contribution in [-0.4, -0.2) is 73.4 Å². The molecule has 0 aromatic heterocycles. The minimum atomic E-state index is -4.29. The lowest BCUT2D eigenvalue weighted by molar-refractivity contribution is -0.870. The largest absolute Gasteiger partial charge is 0.472 e. The van der Waals surface area contributed by atoms with Gasteiger partial charge in [0.05, 0.1) is 39.9 Å². The Bertz CT molecular complexity index is 1140. The molecule has 0 aromatic rings. The first-order valence-electron chi connectivity index (χ1n) is 29.2. The number of unbranched alkanes of at least 4 members (excludes halogenated alkanes) is 37. The number of nitrogens with one attached hydrogen (secondary N) is 1. The van der Waals surface area contributed by atoms with Gasteiger partial charge in [-0.1, -0.05) is 263 Å². The SMILES string of the molecule is CCCCCCC/C=C\C/C=C\CCCCCCCCCCCCCCCCCCCCCCCCCCCCCCCC(=O)NC(COP(=O)(O)OCC[N+](C)(C)C)C(O)CCCCCC. The summed E-state index contributed by atoms with van der Waals surface area (Å²) in [5.74, 6) is -0.148. The van der Waals surface area contributed by atoms with Gasteiger partial charge >= 0.3 is 7.82 Å². The maximum Gasteiger partial charge on any atom is 0.472 e. The zero-order chi connectivity index (χ0) is 49.2. The first-order chi connectivity index (χ1) is 32.5. The molecule has 9 heteroatoms. The maximum atomic E-state index is 12.8. The predicted octanol–water partition coefficient (Wildman–Crippen LogP) is 17.6. The number of aliphatic hydroxyl groups excluding tert-OH is 1. The van der Waals surface area contributed by atoms with E-state index in [0.29, 0.717) is 23.9 Å². The lowest BCUT2D eigenvalue weighted by Gasteiger charge is -2.26. The third-order valence-corrected chi connectivity index (χ3v) is 14.4. The molecule has 0 saturated carbocycles. The molecule has 398 valence electrons. The minimum Gasteiger partial charge on any atom is -0.391 e. The highest BCUT2D eigenvalue weighted by molar-refractivity contribution is 7.47. The molecule has 67 heavy (non-hydrogen) atoms. The zero-order valence-corrected chi connectivity index (χ0v) is 46.3. The normalized spacial score (nSPS) is 14.1. The molecule has 0 fully saturated rings. The number of aliphatic hydroxyl groups is 1. The van der Waals surface area contributed by atoms with E-state index < -0.39 is 20.0 Å². The Morgan fingerprint density at radius 3 is 1.22 bits per heavy atom. The van der Waals surface area contributed by atoms with Crippen LogP contribution in [0.15, 0.2) is 24.3 Å². The molecule has 0 heterocycles. The quantitative estimate of drug-likeness (QED) is 0.0243. The fourth-order valence-electron chi connectivity index (χ4n) is 8.84. The Morgan fingerprint density at radius 1 is 0.507 bits per heavy atom. The van der Waals surface area contributed by atoms with Crippen LogP contribution in [0.5, 0.6) is 0 Å². The summed E-state index contributed by atoms with van der Waals surface area (Å²) < 4.78 is 23.4. The van der Waals surface area contributed by atoms with E-state index in [2.05, 4.69) is 43.5 Å². The van der Waals surface area contributed by atoms with E-state index in [1.807, 2.05) is 21.1 Å². The van der Waals surface area contributed by atoms with Gasteiger partial charge in [0, 0.05) is 6.42 Å². The van der Waals surface area contributed by atoms with Crippen LogP contribution >= 0.6 is 7.82 Å². The Hall–Kier alpha value is -1.02. The van der Waals surface area contributed by atoms with Crippen LogP contribution in [0.4, 0.5) is 0 Å². The number of likely N-dealkylation sites (N-methyl/N-ethyl adjacent to an activating group) is 1. The number of phosphoric ester groups is 1. The number of carbonyl (C=O) groups is 1. The van der Waals surface area contributed by atoms with E-state index in [1.54, 1.807) is 0 Å². The van der Waals surface area contributed by atoms with Gasteiger partial charge in [-0.25, -0.2) is 4.57 Å². The van der Waals surface area contributed by atoms with Gasteiger partial charge in [-0.15, -0.1) is 0 Å². The molecule has 3 unspecified atom stereocenters. The Labute approximate surface area is 417 Å². The van der Waals surface area contributed by atoms with Gasteiger partial charge in [0.1, 0.15) is 13.2 Å². The molecule has 0 saturated heterocycles. The third kappa shape index (κ3) is 52.6. The number of amides is 1. The molecular formula is C58H116N2O6P+. The van der Waals surface area contributed by atoms with Crippen molar-refractivity contribution < 1.29 is 32.9 Å². The van der Waals surface area contributed by atoms with Crippen molar-refractivity contribution in [2.75, 3.05) is 40.9 Å². The number of carbonyl (C=O) groups excluding carboxylic acids is 1. The summed E-state index contributed by atoms with van der Waals surface area (Å²) >= 11 is 0. The van der Waals surface area contributed by atoms with Crippen molar-refractivity contribution in [3.8, 4) is 0 Å². The number of hydrogen-bond donors (Lipinski definition) is 3. The van der Waals surface area contributed by atoms with Crippen molar-refractivity contribution in [1.82, 2.24) is 5.32 Å². The molecule has 0 aliphatic heterocycles. The van der Waals surface area contributed by atoms with E-state index >= 15 is 0 Å². The summed E-state index contributed by atoms with van der Waals surface area (Å²) in [4.78, 5) is 23.0. The summed E-state index contributed by atoms with van der Waals surface area (Å²) in [7, 11) is 1.62. The second-order valence-electron chi connectivity index (χ2n) is 21.4. The van der Waals surface area contributed by atoms with Crippen molar-refractivity contribution in [2.24, 2.45) is 0 Å². The Balaban J connectivity index is 3.58. The minimum absolute atomic E-state index is 0.0759. The number of quaternary nitrogens is 1. The number of phosphoric acid groups is 1. The van der Waals surface area contributed by atoms with E-state index in [-0.39, 0.29) is 19.1 Å². The van der Waals surface area contributed by atoms with E-state index in [0.717, 1.165) is 51.4 Å². The summed E-state index contributed by atoms with van der Waals surface area (Å²) in [6, 6.07) is -0.752. The van der Waals surface area contributed by atoms with Gasteiger partial charge in [-0.2, -0.15) is 0 Å². The molecular weight excluding hydrogens is 852 g/mol. The molecule has 3 N–H and O–H groups in total. The summed E-state index contributed by atoms with van der Waals surface area (Å²) in [6.07, 6.45) is 63.5. The van der Waals surface area contributed by atoms with Crippen molar-refractivity contribution in [1.29, 1.82) is 0 Å². The van der Waals surface area contributed by atoms with Gasteiger partial charge in [-0.3, -0.25) is 13.8 Å². The lowest BCUT2D eigenvalue weighted by Crippen LogP contribution is -2.46. The lowest BCUT2D eigenvalue weighted by atomic mass is 10.0. The molecule has 0 rings (SSSR count). The summed E-state index contributed by atoms with van der Waals surface area (Å²) in [5.41, 5.74) is 0. The highest BCUT2D eigenvalue weighted by atomic mass is 31.2. The maximum absolute atomic E-state index is 12.8. The van der Waals surface area contributed by atoms with Crippen LogP contribution in [-0.2, 0) is 18.4 Å². The number of allylic oxidation sites excluding steroid dienone is 4. The first-order valence-corrected chi connectivity index (χ1v) is 30.7. The van der Waals surface area contributed by atoms with Gasteiger partial charge in [0.2, 0.25) is 5.91 Å². The van der Waals surface area contributed by atoms with Crippen LogP contribution in [0.3, 0.4) is 0 Å². The van der Waals surface area contributed by atoms with Gasteiger partial charge in [-0.05, 0) is 44.9 Å². The highest BCUT2D eigenvalue weighted by Crippen LogP contribution is 2.43. The molecule has 0 aliphatic carbocycles. The fraction of sp³-hybridized carbons (Fsp3) is 0.914. The Morgan fingerprint density at radius 2 is 0.851 bits per heavy atom. The van der Waals surface area contributed by atoms with E-state index in [1.165, 1.54) is 212 Å². The monoisotopic (exact) mass is 968 g/mol. The van der Waals surface area contributed by atoms with Crippen molar-refractivity contribution in [2.45, 2.75) is 302 Å². The topological polar surface area (TPSA) is 105 Å². The van der Waals surface area contributed by atoms with Gasteiger partial charge in [0.25, 0.3) is 0 Å². The zero-order valence-electron chi connectivity index (χ0n) is 45.4. The molecule has 0 aromatic carbocycles. The number of rotatable bonds is 54. The fourth-order valence-corrected chi connectivity index (χ4v) is 9.58. The average molecular weight is 969 g/mol. The van der Waals surface area contributed by atoms with E-state index in [4.69, 9.17) is 9.05 Å². The summed E-state index contributed by atoms with van der Waals surface area (Å²) in [6.45, 7) is 4.78. The molecule has 0 radical (unpaired) electrons. The Kier molecular flexibility index (Phi) is 49.2. The second kappa shape index (κ2) is 49.9. The van der Waals surface area contributed by atoms with Crippen molar-refractivity contribution >= 4 is 13.7 Å². The molecule has 1 amide bonds. The van der Waals surface area contributed by atoms with Crippen molar-refractivity contribution in [3.05, 3.63) is 24.3 Å². The molecule has 3 atom stereocenters. The molecule has 0 spiro atoms. The predicted molar refractivity (Wildman–Crippen MR) is 291 cm³/mol. The molecule has 0 bridgehead atoms. The first kappa shape index (κ1) is 66.0. The number of nitrogens with zero attached hydrogens (tertiary/aromatic N) is 1. The standard InChI is InChI=1S/C58H115N2O6P/c1-6-8-10-12-13-14-15-16-17-18-19-20-21-22-23-24-25-26-27-28-29-30-31-32-33-34-35-36-37-38-39-40-41-42-43-44-45-46-47-48-50-52-58(62)59-56(57(61)51-49-11-9-7-2)55-66-67(63,64)65-54-53-60(3,4)5/h15-16,18-19,56-57,61H,6-14,17,20-55H2,1-5H3,(H-,59,62,63,64)/p+1/b16-15-,19-18-. The van der Waals surface area contributed by atoms with Gasteiger partial charge < -0.3 is 19.8 Å². The molecule has 0 aliphatic rings.